The number of aryl methyl sites for hydroxylation is 1. The van der Waals surface area contributed by atoms with E-state index in [-0.39, 0.29) is 23.8 Å². The van der Waals surface area contributed by atoms with Crippen molar-refractivity contribution in [3.05, 3.63) is 35.4 Å². The van der Waals surface area contributed by atoms with Gasteiger partial charge >= 0.3 is 5.97 Å². The molecule has 2 unspecified atom stereocenters. The largest absolute Gasteiger partial charge is 0.481 e. The van der Waals surface area contributed by atoms with Crippen LogP contribution in [-0.2, 0) is 14.3 Å². The zero-order chi connectivity index (χ0) is 17.3. The second-order valence-electron chi connectivity index (χ2n) is 7.12. The number of benzene rings is 1. The summed E-state index contributed by atoms with van der Waals surface area (Å²) in [5.41, 5.74) is 2.20. The number of carbonyl (C=O) groups excluding carboxylic acids is 1. The van der Waals surface area contributed by atoms with E-state index in [4.69, 9.17) is 4.74 Å². The van der Waals surface area contributed by atoms with Crippen LogP contribution in [0.3, 0.4) is 0 Å². The van der Waals surface area contributed by atoms with Crippen molar-refractivity contribution in [1.82, 2.24) is 4.90 Å². The van der Waals surface area contributed by atoms with Crippen molar-refractivity contribution in [2.75, 3.05) is 19.7 Å². The summed E-state index contributed by atoms with van der Waals surface area (Å²) in [6, 6.07) is 8.12. The third kappa shape index (κ3) is 3.31. The van der Waals surface area contributed by atoms with Crippen LogP contribution in [0.15, 0.2) is 24.3 Å². The average Bonchev–Trinajstić information content (AvgIpc) is 2.97. The number of hydrogen-bond acceptors (Lipinski definition) is 3. The SMILES string of the molecule is Cc1ccc(C2OCCCC2C(=O)N2C[C@@H](C)[C@H](C(=O)O)C2)cc1. The molecule has 0 saturated carbocycles. The molecule has 0 aromatic heterocycles. The highest BCUT2D eigenvalue weighted by molar-refractivity contribution is 5.81. The van der Waals surface area contributed by atoms with E-state index >= 15 is 0 Å². The van der Waals surface area contributed by atoms with Crippen LogP contribution < -0.4 is 0 Å². The summed E-state index contributed by atoms with van der Waals surface area (Å²) in [5, 5.41) is 9.29. The number of aliphatic carboxylic acids is 1. The summed E-state index contributed by atoms with van der Waals surface area (Å²) in [5.74, 6) is -1.46. The van der Waals surface area contributed by atoms with Crippen LogP contribution in [0.4, 0.5) is 0 Å². The Labute approximate surface area is 142 Å². The van der Waals surface area contributed by atoms with Gasteiger partial charge in [-0.1, -0.05) is 36.8 Å². The molecule has 2 aliphatic rings. The van der Waals surface area contributed by atoms with E-state index in [1.165, 1.54) is 5.56 Å². The highest BCUT2D eigenvalue weighted by atomic mass is 16.5. The van der Waals surface area contributed by atoms with Crippen LogP contribution in [-0.4, -0.2) is 41.6 Å². The third-order valence-corrected chi connectivity index (χ3v) is 5.29. The van der Waals surface area contributed by atoms with Crippen molar-refractivity contribution in [3.8, 4) is 0 Å². The molecule has 0 spiro atoms. The predicted molar refractivity (Wildman–Crippen MR) is 89.5 cm³/mol. The van der Waals surface area contributed by atoms with Gasteiger partial charge in [-0.2, -0.15) is 0 Å². The summed E-state index contributed by atoms with van der Waals surface area (Å²) >= 11 is 0. The molecule has 130 valence electrons. The van der Waals surface area contributed by atoms with E-state index in [1.54, 1.807) is 4.90 Å². The van der Waals surface area contributed by atoms with Crippen molar-refractivity contribution < 1.29 is 19.4 Å². The molecular formula is C19H25NO4. The van der Waals surface area contributed by atoms with Gasteiger partial charge in [-0.3, -0.25) is 9.59 Å². The molecule has 5 nitrogen and oxygen atoms in total. The van der Waals surface area contributed by atoms with E-state index in [9.17, 15) is 14.7 Å². The van der Waals surface area contributed by atoms with Crippen molar-refractivity contribution in [2.24, 2.45) is 17.8 Å². The first-order valence-electron chi connectivity index (χ1n) is 8.67. The van der Waals surface area contributed by atoms with Crippen LogP contribution in [0.1, 0.15) is 37.0 Å². The van der Waals surface area contributed by atoms with Gasteiger partial charge in [0.25, 0.3) is 0 Å². The number of rotatable bonds is 3. The number of likely N-dealkylation sites (tertiary alicyclic amines) is 1. The average molecular weight is 331 g/mol. The second kappa shape index (κ2) is 6.93. The van der Waals surface area contributed by atoms with E-state index in [2.05, 4.69) is 0 Å². The lowest BCUT2D eigenvalue weighted by Gasteiger charge is -2.33. The van der Waals surface area contributed by atoms with Crippen molar-refractivity contribution in [2.45, 2.75) is 32.8 Å². The van der Waals surface area contributed by atoms with E-state index in [1.807, 2.05) is 38.1 Å². The Hall–Kier alpha value is -1.88. The minimum absolute atomic E-state index is 0.00576. The first kappa shape index (κ1) is 17.0. The molecule has 1 aromatic rings. The normalized spacial score (nSPS) is 30.3. The lowest BCUT2D eigenvalue weighted by molar-refractivity contribution is -0.145. The van der Waals surface area contributed by atoms with Crippen LogP contribution in [0, 0.1) is 24.7 Å². The number of hydrogen-bond donors (Lipinski definition) is 1. The van der Waals surface area contributed by atoms with Gasteiger partial charge < -0.3 is 14.7 Å². The van der Waals surface area contributed by atoms with Crippen LogP contribution >= 0.6 is 0 Å². The third-order valence-electron chi connectivity index (χ3n) is 5.29. The fourth-order valence-electron chi connectivity index (χ4n) is 3.82. The molecule has 5 heteroatoms. The first-order valence-corrected chi connectivity index (χ1v) is 8.67. The molecule has 2 saturated heterocycles. The van der Waals surface area contributed by atoms with Gasteiger partial charge in [0.2, 0.25) is 5.91 Å². The zero-order valence-corrected chi connectivity index (χ0v) is 14.3. The van der Waals surface area contributed by atoms with Gasteiger partial charge in [0.15, 0.2) is 0 Å². The molecule has 0 aliphatic carbocycles. The van der Waals surface area contributed by atoms with Crippen molar-refractivity contribution in [1.29, 1.82) is 0 Å². The summed E-state index contributed by atoms with van der Waals surface area (Å²) in [7, 11) is 0. The summed E-state index contributed by atoms with van der Waals surface area (Å²) in [6.45, 7) is 5.43. The Bertz CT molecular complexity index is 612. The van der Waals surface area contributed by atoms with Crippen LogP contribution in [0.2, 0.25) is 0 Å². The van der Waals surface area contributed by atoms with Gasteiger partial charge in [-0.05, 0) is 31.2 Å². The van der Waals surface area contributed by atoms with Gasteiger partial charge in [-0.25, -0.2) is 0 Å². The molecule has 4 atom stereocenters. The molecular weight excluding hydrogens is 306 g/mol. The Balaban J connectivity index is 1.77. The quantitative estimate of drug-likeness (QED) is 0.924. The van der Waals surface area contributed by atoms with Gasteiger partial charge in [0, 0.05) is 19.7 Å². The monoisotopic (exact) mass is 331 g/mol. The van der Waals surface area contributed by atoms with Gasteiger partial charge in [0.1, 0.15) is 0 Å². The maximum atomic E-state index is 13.0. The highest BCUT2D eigenvalue weighted by Crippen LogP contribution is 2.36. The number of ether oxygens (including phenoxy) is 1. The van der Waals surface area contributed by atoms with E-state index < -0.39 is 11.9 Å². The Morgan fingerprint density at radius 2 is 1.88 bits per heavy atom. The minimum Gasteiger partial charge on any atom is -0.481 e. The zero-order valence-electron chi connectivity index (χ0n) is 14.3. The molecule has 0 bridgehead atoms. The number of carbonyl (C=O) groups is 2. The van der Waals surface area contributed by atoms with Crippen LogP contribution in [0.5, 0.6) is 0 Å². The van der Waals surface area contributed by atoms with Crippen molar-refractivity contribution in [3.63, 3.8) is 0 Å². The molecule has 24 heavy (non-hydrogen) atoms. The fraction of sp³-hybridized carbons (Fsp3) is 0.579. The van der Waals surface area contributed by atoms with Gasteiger partial charge in [-0.15, -0.1) is 0 Å². The summed E-state index contributed by atoms with van der Waals surface area (Å²) in [6.07, 6.45) is 1.43. The standard InChI is InChI=1S/C19H25NO4/c1-12-5-7-14(8-6-12)17-15(4-3-9-24-17)18(21)20-10-13(2)16(11-20)19(22)23/h5-8,13,15-17H,3-4,9-11H2,1-2H3,(H,22,23)/t13-,15?,16-,17?/m1/s1. The molecule has 1 N–H and O–H groups in total. The molecule has 0 radical (unpaired) electrons. The second-order valence-corrected chi connectivity index (χ2v) is 7.12. The lowest BCUT2D eigenvalue weighted by atomic mass is 9.88. The molecule has 2 aliphatic heterocycles. The predicted octanol–water partition coefficient (Wildman–Crippen LogP) is 2.64. The molecule has 1 aromatic carbocycles. The fourth-order valence-corrected chi connectivity index (χ4v) is 3.82. The molecule has 3 rings (SSSR count). The number of amides is 1. The number of nitrogens with zero attached hydrogens (tertiary/aromatic N) is 1. The summed E-state index contributed by atoms with van der Waals surface area (Å²) < 4.78 is 5.93. The Morgan fingerprint density at radius 1 is 1.17 bits per heavy atom. The molecule has 2 heterocycles. The van der Waals surface area contributed by atoms with Crippen LogP contribution in [0.25, 0.3) is 0 Å². The maximum absolute atomic E-state index is 13.0. The van der Waals surface area contributed by atoms with Crippen molar-refractivity contribution >= 4 is 11.9 Å². The highest BCUT2D eigenvalue weighted by Gasteiger charge is 2.42. The molecule has 2 fully saturated rings. The van der Waals surface area contributed by atoms with E-state index in [0.717, 1.165) is 18.4 Å². The topological polar surface area (TPSA) is 66.8 Å². The number of carboxylic acid groups (broad SMARTS) is 1. The maximum Gasteiger partial charge on any atom is 0.308 e. The summed E-state index contributed by atoms with van der Waals surface area (Å²) in [4.78, 5) is 26.1. The molecule has 1 amide bonds. The number of carboxylic acids is 1. The Morgan fingerprint density at radius 3 is 2.50 bits per heavy atom. The van der Waals surface area contributed by atoms with Gasteiger partial charge in [0.05, 0.1) is 17.9 Å². The first-order chi connectivity index (χ1) is 11.5. The Kier molecular flexibility index (Phi) is 4.90. The smallest absolute Gasteiger partial charge is 0.308 e. The van der Waals surface area contributed by atoms with E-state index in [0.29, 0.717) is 19.7 Å². The minimum atomic E-state index is -0.812. The lowest BCUT2D eigenvalue weighted by Crippen LogP contribution is -2.40.